The van der Waals surface area contributed by atoms with Crippen molar-refractivity contribution in [3.63, 3.8) is 0 Å². The van der Waals surface area contributed by atoms with E-state index in [1.807, 2.05) is 12.1 Å². The number of hydrogen-bond donors (Lipinski definition) is 1. The SMILES string of the molecule is COc1cccc(CNC(C)(C)C)c1OC1CCOC1. The molecule has 1 aliphatic heterocycles. The number of methoxy groups -OCH3 is 1. The Balaban J connectivity index is 2.16. The molecule has 1 aromatic carbocycles. The number of ether oxygens (including phenoxy) is 3. The molecular formula is C16H25NO3. The van der Waals surface area contributed by atoms with Crippen LogP contribution in [0, 0.1) is 0 Å². The second-order valence-electron chi connectivity index (χ2n) is 6.16. The highest BCUT2D eigenvalue weighted by Gasteiger charge is 2.21. The van der Waals surface area contributed by atoms with Crippen LogP contribution in [0.4, 0.5) is 0 Å². The predicted octanol–water partition coefficient (Wildman–Crippen LogP) is 2.75. The van der Waals surface area contributed by atoms with E-state index >= 15 is 0 Å². The molecule has 1 atom stereocenters. The Morgan fingerprint density at radius 1 is 1.35 bits per heavy atom. The number of para-hydroxylation sites is 1. The molecule has 0 aromatic heterocycles. The van der Waals surface area contributed by atoms with Crippen LogP contribution in [0.5, 0.6) is 11.5 Å². The van der Waals surface area contributed by atoms with Gasteiger partial charge in [-0.15, -0.1) is 0 Å². The van der Waals surface area contributed by atoms with Gasteiger partial charge in [-0.3, -0.25) is 0 Å². The van der Waals surface area contributed by atoms with Crippen LogP contribution in [-0.4, -0.2) is 32.0 Å². The lowest BCUT2D eigenvalue weighted by Gasteiger charge is -2.23. The van der Waals surface area contributed by atoms with Crippen LogP contribution in [0.3, 0.4) is 0 Å². The van der Waals surface area contributed by atoms with E-state index in [9.17, 15) is 0 Å². The Bertz CT molecular complexity index is 434. The third-order valence-corrected chi connectivity index (χ3v) is 3.26. The molecule has 4 heteroatoms. The van der Waals surface area contributed by atoms with Gasteiger partial charge in [0.05, 0.1) is 20.3 Å². The molecule has 1 aliphatic rings. The molecule has 1 N–H and O–H groups in total. The standard InChI is InChI=1S/C16H25NO3/c1-16(2,3)17-10-12-6-5-7-14(18-4)15(12)20-13-8-9-19-11-13/h5-7,13,17H,8-11H2,1-4H3. The molecule has 0 radical (unpaired) electrons. The first-order chi connectivity index (χ1) is 9.49. The molecule has 1 unspecified atom stereocenters. The van der Waals surface area contributed by atoms with Gasteiger partial charge in [0.25, 0.3) is 0 Å². The Morgan fingerprint density at radius 2 is 2.15 bits per heavy atom. The van der Waals surface area contributed by atoms with Crippen LogP contribution in [0.25, 0.3) is 0 Å². The molecule has 4 nitrogen and oxygen atoms in total. The summed E-state index contributed by atoms with van der Waals surface area (Å²) in [6.45, 7) is 8.64. The van der Waals surface area contributed by atoms with Crippen molar-refractivity contribution in [1.29, 1.82) is 0 Å². The smallest absolute Gasteiger partial charge is 0.166 e. The second kappa shape index (κ2) is 6.46. The number of benzene rings is 1. The average molecular weight is 279 g/mol. The van der Waals surface area contributed by atoms with E-state index in [1.54, 1.807) is 7.11 Å². The first kappa shape index (κ1) is 15.1. The summed E-state index contributed by atoms with van der Waals surface area (Å²) in [6.07, 6.45) is 1.06. The van der Waals surface area contributed by atoms with Crippen molar-refractivity contribution < 1.29 is 14.2 Å². The molecular weight excluding hydrogens is 254 g/mol. The number of hydrogen-bond acceptors (Lipinski definition) is 4. The van der Waals surface area contributed by atoms with Gasteiger partial charge in [0, 0.05) is 24.1 Å². The van der Waals surface area contributed by atoms with E-state index in [0.717, 1.165) is 36.6 Å². The van der Waals surface area contributed by atoms with Crippen molar-refractivity contribution in [2.24, 2.45) is 0 Å². The van der Waals surface area contributed by atoms with Crippen LogP contribution in [0.2, 0.25) is 0 Å². The maximum Gasteiger partial charge on any atom is 0.166 e. The molecule has 112 valence electrons. The normalized spacial score (nSPS) is 19.1. The first-order valence-corrected chi connectivity index (χ1v) is 7.15. The highest BCUT2D eigenvalue weighted by atomic mass is 16.6. The van der Waals surface area contributed by atoms with E-state index in [4.69, 9.17) is 14.2 Å². The Kier molecular flexibility index (Phi) is 4.89. The molecule has 1 heterocycles. The monoisotopic (exact) mass is 279 g/mol. The molecule has 1 aromatic rings. The topological polar surface area (TPSA) is 39.7 Å². The quantitative estimate of drug-likeness (QED) is 0.899. The van der Waals surface area contributed by atoms with Crippen molar-refractivity contribution in [3.05, 3.63) is 23.8 Å². The molecule has 2 rings (SSSR count). The fraction of sp³-hybridized carbons (Fsp3) is 0.625. The van der Waals surface area contributed by atoms with Gasteiger partial charge in [0.2, 0.25) is 0 Å². The van der Waals surface area contributed by atoms with Crippen molar-refractivity contribution in [3.8, 4) is 11.5 Å². The lowest BCUT2D eigenvalue weighted by molar-refractivity contribution is 0.137. The zero-order chi connectivity index (χ0) is 14.6. The highest BCUT2D eigenvalue weighted by molar-refractivity contribution is 5.46. The molecule has 1 saturated heterocycles. The van der Waals surface area contributed by atoms with Crippen LogP contribution in [-0.2, 0) is 11.3 Å². The van der Waals surface area contributed by atoms with Gasteiger partial charge >= 0.3 is 0 Å². The minimum atomic E-state index is 0.0663. The van der Waals surface area contributed by atoms with Crippen LogP contribution in [0.15, 0.2) is 18.2 Å². The molecule has 0 bridgehead atoms. The Labute approximate surface area is 121 Å². The van der Waals surface area contributed by atoms with E-state index in [2.05, 4.69) is 32.2 Å². The Morgan fingerprint density at radius 3 is 2.75 bits per heavy atom. The maximum atomic E-state index is 6.10. The minimum Gasteiger partial charge on any atom is -0.493 e. The van der Waals surface area contributed by atoms with E-state index in [-0.39, 0.29) is 11.6 Å². The molecule has 20 heavy (non-hydrogen) atoms. The fourth-order valence-electron chi connectivity index (χ4n) is 2.13. The fourth-order valence-corrected chi connectivity index (χ4v) is 2.13. The van der Waals surface area contributed by atoms with Gasteiger partial charge in [-0.05, 0) is 26.8 Å². The van der Waals surface area contributed by atoms with Crippen LogP contribution < -0.4 is 14.8 Å². The Hall–Kier alpha value is -1.26. The van der Waals surface area contributed by atoms with E-state index < -0.39 is 0 Å². The van der Waals surface area contributed by atoms with Gasteiger partial charge in [-0.1, -0.05) is 12.1 Å². The van der Waals surface area contributed by atoms with Crippen molar-refractivity contribution in [1.82, 2.24) is 5.32 Å². The zero-order valence-corrected chi connectivity index (χ0v) is 12.9. The van der Waals surface area contributed by atoms with E-state index in [0.29, 0.717) is 6.61 Å². The zero-order valence-electron chi connectivity index (χ0n) is 12.9. The van der Waals surface area contributed by atoms with Gasteiger partial charge in [-0.2, -0.15) is 0 Å². The highest BCUT2D eigenvalue weighted by Crippen LogP contribution is 2.33. The van der Waals surface area contributed by atoms with Crippen molar-refractivity contribution in [2.45, 2.75) is 45.4 Å². The summed E-state index contributed by atoms with van der Waals surface area (Å²) in [4.78, 5) is 0. The summed E-state index contributed by atoms with van der Waals surface area (Å²) in [7, 11) is 1.67. The van der Waals surface area contributed by atoms with Crippen LogP contribution >= 0.6 is 0 Å². The first-order valence-electron chi connectivity index (χ1n) is 7.15. The molecule has 0 saturated carbocycles. The summed E-state index contributed by atoms with van der Waals surface area (Å²) in [5.41, 5.74) is 1.18. The number of nitrogens with one attached hydrogen (secondary N) is 1. The van der Waals surface area contributed by atoms with Crippen LogP contribution in [0.1, 0.15) is 32.8 Å². The van der Waals surface area contributed by atoms with Crippen molar-refractivity contribution in [2.75, 3.05) is 20.3 Å². The van der Waals surface area contributed by atoms with E-state index in [1.165, 1.54) is 0 Å². The number of rotatable bonds is 5. The second-order valence-corrected chi connectivity index (χ2v) is 6.16. The predicted molar refractivity (Wildman–Crippen MR) is 79.4 cm³/mol. The molecule has 0 aliphatic carbocycles. The van der Waals surface area contributed by atoms with Crippen molar-refractivity contribution >= 4 is 0 Å². The average Bonchev–Trinajstić information content (AvgIpc) is 2.89. The lowest BCUT2D eigenvalue weighted by Crippen LogP contribution is -2.35. The summed E-state index contributed by atoms with van der Waals surface area (Å²) in [6, 6.07) is 6.01. The third-order valence-electron chi connectivity index (χ3n) is 3.26. The largest absolute Gasteiger partial charge is 0.493 e. The summed E-state index contributed by atoms with van der Waals surface area (Å²) < 4.78 is 16.9. The minimum absolute atomic E-state index is 0.0663. The summed E-state index contributed by atoms with van der Waals surface area (Å²) in [5, 5.41) is 3.49. The summed E-state index contributed by atoms with van der Waals surface area (Å²) in [5.74, 6) is 1.62. The summed E-state index contributed by atoms with van der Waals surface area (Å²) >= 11 is 0. The molecule has 1 fully saturated rings. The third kappa shape index (κ3) is 4.12. The van der Waals surface area contributed by atoms with Gasteiger partial charge < -0.3 is 19.5 Å². The lowest BCUT2D eigenvalue weighted by atomic mass is 10.1. The molecule has 0 amide bonds. The van der Waals surface area contributed by atoms with Gasteiger partial charge in [-0.25, -0.2) is 0 Å². The molecule has 0 spiro atoms. The maximum absolute atomic E-state index is 6.10. The van der Waals surface area contributed by atoms with Gasteiger partial charge in [0.15, 0.2) is 11.5 Å². The van der Waals surface area contributed by atoms with Gasteiger partial charge in [0.1, 0.15) is 6.10 Å².